The van der Waals surface area contributed by atoms with Gasteiger partial charge in [-0.25, -0.2) is 4.79 Å². The zero-order valence-electron chi connectivity index (χ0n) is 14.0. The Morgan fingerprint density at radius 3 is 2.58 bits per heavy atom. The normalized spacial score (nSPS) is 21.0. The molecule has 0 bridgehead atoms. The Balaban J connectivity index is 1.59. The van der Waals surface area contributed by atoms with Gasteiger partial charge >= 0.3 is 6.09 Å². The summed E-state index contributed by atoms with van der Waals surface area (Å²) in [6, 6.07) is 10.1. The van der Waals surface area contributed by atoms with Crippen LogP contribution in [0.2, 0.25) is 0 Å². The summed E-state index contributed by atoms with van der Waals surface area (Å²) in [6.07, 6.45) is 0.987. The smallest absolute Gasteiger partial charge is 0.410 e. The second-order valence-electron chi connectivity index (χ2n) is 6.78. The zero-order valence-corrected chi connectivity index (χ0v) is 14.0. The predicted octanol–water partition coefficient (Wildman–Crippen LogP) is 1.60. The minimum absolute atomic E-state index is 0.241. The average molecular weight is 332 g/mol. The monoisotopic (exact) mass is 332 g/mol. The van der Waals surface area contributed by atoms with Crippen molar-refractivity contribution in [3.8, 4) is 0 Å². The fourth-order valence-electron chi connectivity index (χ4n) is 3.57. The molecule has 24 heavy (non-hydrogen) atoms. The number of nitrogens with zero attached hydrogens (tertiary/aromatic N) is 2. The molecule has 0 unspecified atom stereocenters. The molecule has 0 aliphatic carbocycles. The van der Waals surface area contributed by atoms with Crippen LogP contribution in [0.5, 0.6) is 0 Å². The van der Waals surface area contributed by atoms with Crippen LogP contribution in [-0.2, 0) is 9.53 Å². The third kappa shape index (κ3) is 3.38. The van der Waals surface area contributed by atoms with Crippen LogP contribution in [0.25, 0.3) is 0 Å². The van der Waals surface area contributed by atoms with E-state index >= 15 is 0 Å². The molecule has 0 aromatic heterocycles. The SMILES string of the molecule is C[C@@H](CN1CC2(CCN(C(=O)CO)CC2)OC1=O)c1ccccc1. The summed E-state index contributed by atoms with van der Waals surface area (Å²) in [5.74, 6) is -0.0197. The number of amides is 2. The van der Waals surface area contributed by atoms with Crippen molar-refractivity contribution < 1.29 is 19.4 Å². The molecule has 0 saturated carbocycles. The van der Waals surface area contributed by atoms with Crippen molar-refractivity contribution >= 4 is 12.0 Å². The molecule has 2 aliphatic rings. The summed E-state index contributed by atoms with van der Waals surface area (Å²) in [6.45, 7) is 3.89. The molecule has 2 saturated heterocycles. The van der Waals surface area contributed by atoms with Gasteiger partial charge in [0, 0.05) is 32.5 Å². The van der Waals surface area contributed by atoms with Crippen LogP contribution in [0.1, 0.15) is 31.2 Å². The van der Waals surface area contributed by atoms with Crippen LogP contribution in [0.3, 0.4) is 0 Å². The Hall–Kier alpha value is -2.08. The minimum Gasteiger partial charge on any atom is -0.441 e. The Morgan fingerprint density at radius 1 is 1.29 bits per heavy atom. The van der Waals surface area contributed by atoms with Crippen LogP contribution in [0, 0.1) is 0 Å². The summed E-state index contributed by atoms with van der Waals surface area (Å²) in [7, 11) is 0. The van der Waals surface area contributed by atoms with Crippen molar-refractivity contribution in [3.05, 3.63) is 35.9 Å². The maximum atomic E-state index is 12.3. The van der Waals surface area contributed by atoms with E-state index in [0.717, 1.165) is 0 Å². The van der Waals surface area contributed by atoms with Crippen LogP contribution in [0.4, 0.5) is 4.79 Å². The highest BCUT2D eigenvalue weighted by Crippen LogP contribution is 2.34. The van der Waals surface area contributed by atoms with Crippen molar-refractivity contribution in [3.63, 3.8) is 0 Å². The number of hydrogen-bond donors (Lipinski definition) is 1. The van der Waals surface area contributed by atoms with Crippen molar-refractivity contribution in [2.24, 2.45) is 0 Å². The van der Waals surface area contributed by atoms with Crippen molar-refractivity contribution in [2.75, 3.05) is 32.8 Å². The number of carbonyl (C=O) groups excluding carboxylic acids is 2. The number of benzene rings is 1. The minimum atomic E-state index is -0.486. The number of aliphatic hydroxyl groups excluding tert-OH is 1. The molecule has 3 rings (SSSR count). The van der Waals surface area contributed by atoms with Crippen LogP contribution in [0.15, 0.2) is 30.3 Å². The number of piperidine rings is 1. The first-order valence-corrected chi connectivity index (χ1v) is 8.44. The highest BCUT2D eigenvalue weighted by atomic mass is 16.6. The summed E-state index contributed by atoms with van der Waals surface area (Å²) in [5, 5.41) is 8.95. The molecule has 1 spiro atoms. The lowest BCUT2D eigenvalue weighted by Gasteiger charge is -2.37. The quantitative estimate of drug-likeness (QED) is 0.909. The molecule has 2 fully saturated rings. The largest absolute Gasteiger partial charge is 0.441 e. The van der Waals surface area contributed by atoms with E-state index < -0.39 is 12.2 Å². The summed E-state index contributed by atoms with van der Waals surface area (Å²) in [4.78, 5) is 27.2. The molecule has 6 nitrogen and oxygen atoms in total. The fourth-order valence-corrected chi connectivity index (χ4v) is 3.57. The lowest BCUT2D eigenvalue weighted by atomic mass is 9.91. The Labute approximate surface area is 142 Å². The summed E-state index contributed by atoms with van der Waals surface area (Å²) in [5.41, 5.74) is 0.717. The number of hydrogen-bond acceptors (Lipinski definition) is 4. The number of ether oxygens (including phenoxy) is 1. The first-order chi connectivity index (χ1) is 11.5. The van der Waals surface area contributed by atoms with E-state index in [9.17, 15) is 9.59 Å². The standard InChI is InChI=1S/C18H24N2O4/c1-14(15-5-3-2-4-6-15)11-20-13-18(24-17(20)23)7-9-19(10-8-18)16(22)12-21/h2-6,14,21H,7-13H2,1H3/t14-/m0/s1. The fraction of sp³-hybridized carbons (Fsp3) is 0.556. The van der Waals surface area contributed by atoms with Gasteiger partial charge in [-0.2, -0.15) is 0 Å². The second kappa shape index (κ2) is 6.81. The zero-order chi connectivity index (χ0) is 17.2. The molecule has 130 valence electrons. The number of carbonyl (C=O) groups is 2. The third-order valence-electron chi connectivity index (χ3n) is 5.07. The number of likely N-dealkylation sites (tertiary alicyclic amines) is 1. The average Bonchev–Trinajstić information content (AvgIpc) is 2.90. The van der Waals surface area contributed by atoms with Gasteiger partial charge in [0.05, 0.1) is 6.54 Å². The molecule has 1 aromatic carbocycles. The van der Waals surface area contributed by atoms with Gasteiger partial charge in [0.1, 0.15) is 12.2 Å². The molecule has 0 radical (unpaired) electrons. The molecule has 6 heteroatoms. The van der Waals surface area contributed by atoms with Gasteiger partial charge in [0.25, 0.3) is 0 Å². The van der Waals surface area contributed by atoms with E-state index in [1.807, 2.05) is 18.2 Å². The van der Waals surface area contributed by atoms with Gasteiger partial charge in [-0.15, -0.1) is 0 Å². The van der Waals surface area contributed by atoms with E-state index in [-0.39, 0.29) is 17.9 Å². The molecule has 1 aromatic rings. The lowest BCUT2D eigenvalue weighted by Crippen LogP contribution is -2.49. The Morgan fingerprint density at radius 2 is 1.96 bits per heavy atom. The molecule has 2 heterocycles. The highest BCUT2D eigenvalue weighted by molar-refractivity contribution is 5.77. The van der Waals surface area contributed by atoms with Gasteiger partial charge in [0.15, 0.2) is 0 Å². The topological polar surface area (TPSA) is 70.1 Å². The maximum Gasteiger partial charge on any atom is 0.410 e. The first kappa shape index (κ1) is 16.8. The highest BCUT2D eigenvalue weighted by Gasteiger charge is 2.47. The van der Waals surface area contributed by atoms with Gasteiger partial charge in [-0.1, -0.05) is 37.3 Å². The molecule has 2 amide bonds. The van der Waals surface area contributed by atoms with Gasteiger partial charge in [-0.3, -0.25) is 4.79 Å². The Kier molecular flexibility index (Phi) is 4.76. The lowest BCUT2D eigenvalue weighted by molar-refractivity contribution is -0.137. The van der Waals surface area contributed by atoms with E-state index in [0.29, 0.717) is 39.0 Å². The molecule has 2 aliphatic heterocycles. The molecular formula is C18H24N2O4. The Bertz CT molecular complexity index is 596. The molecule has 1 atom stereocenters. The van der Waals surface area contributed by atoms with Gasteiger partial charge in [-0.05, 0) is 11.5 Å². The van der Waals surface area contributed by atoms with E-state index in [2.05, 4.69) is 19.1 Å². The molecular weight excluding hydrogens is 308 g/mol. The van der Waals surface area contributed by atoms with Crippen molar-refractivity contribution in [1.29, 1.82) is 0 Å². The van der Waals surface area contributed by atoms with Crippen molar-refractivity contribution in [2.45, 2.75) is 31.3 Å². The van der Waals surface area contributed by atoms with Gasteiger partial charge < -0.3 is 19.6 Å². The van der Waals surface area contributed by atoms with Gasteiger partial charge in [0.2, 0.25) is 5.91 Å². The first-order valence-electron chi connectivity index (χ1n) is 8.44. The summed E-state index contributed by atoms with van der Waals surface area (Å²) < 4.78 is 5.69. The third-order valence-corrected chi connectivity index (χ3v) is 5.07. The molecule has 1 N–H and O–H groups in total. The predicted molar refractivity (Wildman–Crippen MR) is 88.5 cm³/mol. The van der Waals surface area contributed by atoms with Crippen LogP contribution < -0.4 is 0 Å². The maximum absolute atomic E-state index is 12.3. The number of aliphatic hydroxyl groups is 1. The van der Waals surface area contributed by atoms with E-state index in [4.69, 9.17) is 9.84 Å². The summed E-state index contributed by atoms with van der Waals surface area (Å²) >= 11 is 0. The van der Waals surface area contributed by atoms with Crippen LogP contribution >= 0.6 is 0 Å². The van der Waals surface area contributed by atoms with E-state index in [1.54, 1.807) is 9.80 Å². The van der Waals surface area contributed by atoms with E-state index in [1.165, 1.54) is 5.56 Å². The second-order valence-corrected chi connectivity index (χ2v) is 6.78. The number of rotatable bonds is 4. The van der Waals surface area contributed by atoms with Crippen LogP contribution in [-0.4, -0.2) is 65.3 Å². The van der Waals surface area contributed by atoms with Crippen molar-refractivity contribution in [1.82, 2.24) is 9.80 Å².